The number of hydrogen-bond donors (Lipinski definition) is 2. The molecule has 0 bridgehead atoms. The third-order valence-corrected chi connectivity index (χ3v) is 4.42. The number of nitrogens with one attached hydrogen (secondary N) is 2. The van der Waals surface area contributed by atoms with Crippen molar-refractivity contribution in [3.8, 4) is 5.75 Å². The lowest BCUT2D eigenvalue weighted by Crippen LogP contribution is -2.20. The van der Waals surface area contributed by atoms with Crippen molar-refractivity contribution in [1.29, 1.82) is 0 Å². The zero-order valence-electron chi connectivity index (χ0n) is 10.4. The summed E-state index contributed by atoms with van der Waals surface area (Å²) < 4.78 is 32.1. The van der Waals surface area contributed by atoms with Gasteiger partial charge in [0.05, 0.1) is 6.61 Å². The highest BCUT2D eigenvalue weighted by atomic mass is 32.2. The summed E-state index contributed by atoms with van der Waals surface area (Å²) in [4.78, 5) is 13.9. The first-order valence-corrected chi connectivity index (χ1v) is 7.50. The van der Waals surface area contributed by atoms with Crippen LogP contribution in [0.5, 0.6) is 5.75 Å². The standard InChI is InChI=1S/C13H12N2O4S/c16-11-3-5-14-8-13(11)20(17,18)15-10-1-2-12-9(7-10)4-6-19-12/h1-3,5,7-8,15H,4,6H2,(H,14,16). The number of anilines is 1. The molecule has 2 N–H and O–H groups in total. The van der Waals surface area contributed by atoms with Crippen molar-refractivity contribution in [2.24, 2.45) is 0 Å². The lowest BCUT2D eigenvalue weighted by molar-refractivity contribution is 0.357. The second-order valence-electron chi connectivity index (χ2n) is 4.40. The number of hydrogen-bond acceptors (Lipinski definition) is 4. The highest BCUT2D eigenvalue weighted by Crippen LogP contribution is 2.28. The second kappa shape index (κ2) is 4.68. The fourth-order valence-electron chi connectivity index (χ4n) is 2.07. The van der Waals surface area contributed by atoms with Gasteiger partial charge in [-0.1, -0.05) is 0 Å². The molecule has 0 aliphatic carbocycles. The van der Waals surface area contributed by atoms with Crippen LogP contribution in [0.3, 0.4) is 0 Å². The molecule has 3 rings (SSSR count). The monoisotopic (exact) mass is 292 g/mol. The van der Waals surface area contributed by atoms with Gasteiger partial charge in [-0.25, -0.2) is 8.42 Å². The summed E-state index contributed by atoms with van der Waals surface area (Å²) in [7, 11) is -3.90. The van der Waals surface area contributed by atoms with Crippen molar-refractivity contribution < 1.29 is 13.2 Å². The second-order valence-corrected chi connectivity index (χ2v) is 6.05. The molecule has 1 aromatic heterocycles. The Labute approximate surface area is 115 Å². The summed E-state index contributed by atoms with van der Waals surface area (Å²) in [5.74, 6) is 0.769. The molecule has 104 valence electrons. The van der Waals surface area contributed by atoms with Crippen LogP contribution in [-0.2, 0) is 16.4 Å². The molecular formula is C13H12N2O4S. The van der Waals surface area contributed by atoms with Crippen LogP contribution >= 0.6 is 0 Å². The van der Waals surface area contributed by atoms with Crippen LogP contribution in [0.4, 0.5) is 5.69 Å². The van der Waals surface area contributed by atoms with E-state index >= 15 is 0 Å². The molecule has 1 aromatic carbocycles. The largest absolute Gasteiger partial charge is 0.493 e. The van der Waals surface area contributed by atoms with Crippen LogP contribution in [0.25, 0.3) is 0 Å². The molecule has 1 aliphatic heterocycles. The summed E-state index contributed by atoms with van der Waals surface area (Å²) >= 11 is 0. The van der Waals surface area contributed by atoms with Gasteiger partial charge in [0.1, 0.15) is 5.75 Å². The van der Waals surface area contributed by atoms with Crippen LogP contribution < -0.4 is 14.9 Å². The van der Waals surface area contributed by atoms with Gasteiger partial charge in [-0.2, -0.15) is 0 Å². The molecule has 20 heavy (non-hydrogen) atoms. The number of aromatic amines is 1. The summed E-state index contributed by atoms with van der Waals surface area (Å²) in [6.45, 7) is 0.601. The molecule has 0 saturated heterocycles. The maximum atomic E-state index is 12.2. The molecule has 0 atom stereocenters. The zero-order valence-corrected chi connectivity index (χ0v) is 11.2. The number of aromatic nitrogens is 1. The number of benzene rings is 1. The molecule has 0 fully saturated rings. The Kier molecular flexibility index (Phi) is 2.98. The quantitative estimate of drug-likeness (QED) is 0.887. The van der Waals surface area contributed by atoms with Gasteiger partial charge < -0.3 is 9.72 Å². The average Bonchev–Trinajstić information content (AvgIpc) is 2.86. The van der Waals surface area contributed by atoms with Crippen molar-refractivity contribution >= 4 is 15.7 Å². The van der Waals surface area contributed by atoms with Crippen molar-refractivity contribution in [3.05, 3.63) is 52.4 Å². The van der Waals surface area contributed by atoms with Gasteiger partial charge in [-0.3, -0.25) is 9.52 Å². The minimum Gasteiger partial charge on any atom is -0.493 e. The molecule has 0 unspecified atom stereocenters. The lowest BCUT2D eigenvalue weighted by Gasteiger charge is -2.08. The van der Waals surface area contributed by atoms with E-state index in [0.717, 1.165) is 17.7 Å². The van der Waals surface area contributed by atoms with Crippen LogP contribution in [0.2, 0.25) is 0 Å². The molecule has 7 heteroatoms. The van der Waals surface area contributed by atoms with Crippen LogP contribution in [0.15, 0.2) is 46.3 Å². The van der Waals surface area contributed by atoms with E-state index in [1.54, 1.807) is 18.2 Å². The third kappa shape index (κ3) is 2.27. The summed E-state index contributed by atoms with van der Waals surface area (Å²) in [6, 6.07) is 6.22. The smallest absolute Gasteiger partial charge is 0.267 e. The Balaban J connectivity index is 1.95. The fraction of sp³-hybridized carbons (Fsp3) is 0.154. The van der Waals surface area contributed by atoms with Crippen LogP contribution in [0.1, 0.15) is 5.56 Å². The summed E-state index contributed by atoms with van der Waals surface area (Å²) in [5.41, 5.74) is 0.811. The number of sulfonamides is 1. The lowest BCUT2D eigenvalue weighted by atomic mass is 10.1. The first kappa shape index (κ1) is 12.7. The van der Waals surface area contributed by atoms with E-state index in [4.69, 9.17) is 4.74 Å². The van der Waals surface area contributed by atoms with E-state index in [1.165, 1.54) is 18.5 Å². The van der Waals surface area contributed by atoms with Crippen molar-refractivity contribution in [2.45, 2.75) is 11.3 Å². The van der Waals surface area contributed by atoms with Crippen LogP contribution in [-0.4, -0.2) is 20.0 Å². The first-order chi connectivity index (χ1) is 9.56. The van der Waals surface area contributed by atoms with Gasteiger partial charge in [-0.15, -0.1) is 0 Å². The molecule has 0 saturated carbocycles. The molecule has 6 nitrogen and oxygen atoms in total. The zero-order chi connectivity index (χ0) is 14.2. The number of H-pyrrole nitrogens is 1. The minimum absolute atomic E-state index is 0.309. The maximum Gasteiger partial charge on any atom is 0.267 e. The minimum atomic E-state index is -3.90. The predicted octanol–water partition coefficient (Wildman–Crippen LogP) is 1.11. The van der Waals surface area contributed by atoms with Crippen molar-refractivity contribution in [1.82, 2.24) is 4.98 Å². The van der Waals surface area contributed by atoms with E-state index in [0.29, 0.717) is 12.3 Å². The fourth-order valence-corrected chi connectivity index (χ4v) is 3.17. The van der Waals surface area contributed by atoms with Crippen molar-refractivity contribution in [2.75, 3.05) is 11.3 Å². The highest BCUT2D eigenvalue weighted by Gasteiger charge is 2.19. The topological polar surface area (TPSA) is 88.3 Å². The Bertz CT molecular complexity index is 811. The summed E-state index contributed by atoms with van der Waals surface area (Å²) in [6.07, 6.45) is 3.30. The van der Waals surface area contributed by atoms with Gasteiger partial charge in [-0.05, 0) is 23.8 Å². The Morgan fingerprint density at radius 2 is 2.10 bits per heavy atom. The van der Waals surface area contributed by atoms with Gasteiger partial charge in [0.2, 0.25) is 5.43 Å². The summed E-state index contributed by atoms with van der Waals surface area (Å²) in [5, 5.41) is 0. The normalized spacial score (nSPS) is 13.6. The molecular weight excluding hydrogens is 280 g/mol. The Hall–Kier alpha value is -2.28. The van der Waals surface area contributed by atoms with Gasteiger partial charge in [0.15, 0.2) is 4.90 Å². The van der Waals surface area contributed by atoms with Crippen molar-refractivity contribution in [3.63, 3.8) is 0 Å². The number of rotatable bonds is 3. The first-order valence-electron chi connectivity index (χ1n) is 6.02. The molecule has 2 heterocycles. The Morgan fingerprint density at radius 1 is 1.25 bits per heavy atom. The van der Waals surface area contributed by atoms with Gasteiger partial charge in [0.25, 0.3) is 10.0 Å². The predicted molar refractivity (Wildman–Crippen MR) is 73.5 cm³/mol. The molecule has 1 aliphatic rings. The number of ether oxygens (including phenoxy) is 1. The number of pyridine rings is 1. The van der Waals surface area contributed by atoms with E-state index in [9.17, 15) is 13.2 Å². The molecule has 0 amide bonds. The molecule has 0 radical (unpaired) electrons. The van der Waals surface area contributed by atoms with Gasteiger partial charge >= 0.3 is 0 Å². The van der Waals surface area contributed by atoms with E-state index < -0.39 is 15.5 Å². The van der Waals surface area contributed by atoms with Crippen LogP contribution in [0, 0.1) is 0 Å². The third-order valence-electron chi connectivity index (χ3n) is 3.02. The number of fused-ring (bicyclic) bond motifs is 1. The maximum absolute atomic E-state index is 12.2. The SMILES string of the molecule is O=c1cc[nH]cc1S(=O)(=O)Nc1ccc2c(c1)CCO2. The molecule has 2 aromatic rings. The van der Waals surface area contributed by atoms with E-state index in [2.05, 4.69) is 9.71 Å². The van der Waals surface area contributed by atoms with E-state index in [1.807, 2.05) is 0 Å². The molecule has 0 spiro atoms. The van der Waals surface area contributed by atoms with Gasteiger partial charge in [0, 0.05) is 30.6 Å². The van der Waals surface area contributed by atoms with E-state index in [-0.39, 0.29) is 4.90 Å². The Morgan fingerprint density at radius 3 is 2.90 bits per heavy atom. The highest BCUT2D eigenvalue weighted by molar-refractivity contribution is 7.92. The average molecular weight is 292 g/mol.